The summed E-state index contributed by atoms with van der Waals surface area (Å²) in [5, 5.41) is 3.05. The molecule has 1 N–H and O–H groups in total. The Kier molecular flexibility index (Phi) is 6.78. The third-order valence-corrected chi connectivity index (χ3v) is 7.70. The van der Waals surface area contributed by atoms with E-state index >= 15 is 0 Å². The Morgan fingerprint density at radius 3 is 2.50 bits per heavy atom. The molecule has 0 radical (unpaired) electrons. The highest BCUT2D eigenvalue weighted by atomic mass is 32.2. The first-order chi connectivity index (χ1) is 13.5. The van der Waals surface area contributed by atoms with E-state index in [-0.39, 0.29) is 16.7 Å². The number of anilines is 2. The molecule has 0 saturated carbocycles. The number of hydrogen-bond acceptors (Lipinski definition) is 4. The lowest BCUT2D eigenvalue weighted by Crippen LogP contribution is -2.31. The van der Waals surface area contributed by atoms with Crippen molar-refractivity contribution in [2.45, 2.75) is 50.8 Å². The highest BCUT2D eigenvalue weighted by Crippen LogP contribution is 2.33. The van der Waals surface area contributed by atoms with Gasteiger partial charge in [-0.05, 0) is 50.3 Å². The average Bonchev–Trinajstić information content (AvgIpc) is 3.24. The Hall–Kier alpha value is -1.86. The molecule has 1 atom stereocenters. The molecule has 2 aliphatic rings. The lowest BCUT2D eigenvalue weighted by atomic mass is 9.93. The molecule has 0 unspecified atom stereocenters. The predicted octanol–water partition coefficient (Wildman–Crippen LogP) is 3.61. The van der Waals surface area contributed by atoms with Crippen molar-refractivity contribution in [2.75, 3.05) is 36.4 Å². The number of nitrogens with zero attached hydrogens (tertiary/aromatic N) is 2. The summed E-state index contributed by atoms with van der Waals surface area (Å²) in [6, 6.07) is 5.15. The van der Waals surface area contributed by atoms with Gasteiger partial charge in [-0.2, -0.15) is 4.31 Å². The van der Waals surface area contributed by atoms with E-state index in [0.717, 1.165) is 50.9 Å². The monoisotopic (exact) mass is 405 g/mol. The van der Waals surface area contributed by atoms with Gasteiger partial charge in [0.2, 0.25) is 15.9 Å². The van der Waals surface area contributed by atoms with Crippen LogP contribution >= 0.6 is 0 Å². The SMILES string of the molecule is CCN(CC)S(=O)(=O)c1ccc(N2CCCC2)c(NC(=O)[C@H]2CC=CCC2)c1. The number of allylic oxidation sites excluding steroid dienone is 2. The van der Waals surface area contributed by atoms with E-state index in [0.29, 0.717) is 18.8 Å². The standard InChI is InChI=1S/C21H31N3O3S/c1-3-24(4-2)28(26,27)18-12-13-20(23-14-8-9-15-23)19(16-18)22-21(25)17-10-6-5-7-11-17/h5-6,12-13,16-17H,3-4,7-11,14-15H2,1-2H3,(H,22,25)/t17-/m0/s1. The van der Waals surface area contributed by atoms with Gasteiger partial charge in [0.05, 0.1) is 16.3 Å². The minimum Gasteiger partial charge on any atom is -0.370 e. The van der Waals surface area contributed by atoms with Crippen molar-refractivity contribution in [3.8, 4) is 0 Å². The van der Waals surface area contributed by atoms with Gasteiger partial charge >= 0.3 is 0 Å². The van der Waals surface area contributed by atoms with Crippen LogP contribution in [0.2, 0.25) is 0 Å². The molecule has 154 valence electrons. The molecule has 1 heterocycles. The van der Waals surface area contributed by atoms with Gasteiger partial charge in [-0.3, -0.25) is 4.79 Å². The van der Waals surface area contributed by atoms with Crippen molar-refractivity contribution in [3.05, 3.63) is 30.4 Å². The van der Waals surface area contributed by atoms with Crippen molar-refractivity contribution < 1.29 is 13.2 Å². The number of hydrogen-bond donors (Lipinski definition) is 1. The zero-order chi connectivity index (χ0) is 20.1. The van der Waals surface area contributed by atoms with Crippen LogP contribution in [0.1, 0.15) is 46.0 Å². The van der Waals surface area contributed by atoms with E-state index in [1.165, 1.54) is 4.31 Å². The molecule has 1 aliphatic carbocycles. The highest BCUT2D eigenvalue weighted by Gasteiger charge is 2.26. The van der Waals surface area contributed by atoms with E-state index in [1.807, 2.05) is 19.9 Å². The first-order valence-electron chi connectivity index (χ1n) is 10.3. The molecule has 1 saturated heterocycles. The van der Waals surface area contributed by atoms with E-state index in [2.05, 4.69) is 22.4 Å². The summed E-state index contributed by atoms with van der Waals surface area (Å²) >= 11 is 0. The lowest BCUT2D eigenvalue weighted by Gasteiger charge is -2.25. The van der Waals surface area contributed by atoms with Gasteiger partial charge in [-0.1, -0.05) is 26.0 Å². The van der Waals surface area contributed by atoms with Gasteiger partial charge < -0.3 is 10.2 Å². The third kappa shape index (κ3) is 4.41. The maximum Gasteiger partial charge on any atom is 0.243 e. The van der Waals surface area contributed by atoms with Crippen LogP contribution in [0.5, 0.6) is 0 Å². The zero-order valence-electron chi connectivity index (χ0n) is 16.9. The Bertz CT molecular complexity index is 825. The van der Waals surface area contributed by atoms with Crippen LogP contribution in [0.15, 0.2) is 35.2 Å². The third-order valence-electron chi connectivity index (χ3n) is 5.66. The summed E-state index contributed by atoms with van der Waals surface area (Å²) in [6.07, 6.45) is 8.86. The van der Waals surface area contributed by atoms with E-state index < -0.39 is 10.0 Å². The second kappa shape index (κ2) is 9.09. The van der Waals surface area contributed by atoms with Crippen LogP contribution in [0.25, 0.3) is 0 Å². The number of nitrogens with one attached hydrogen (secondary N) is 1. The summed E-state index contributed by atoms with van der Waals surface area (Å²) in [5.41, 5.74) is 1.52. The number of benzene rings is 1. The number of sulfonamides is 1. The molecule has 0 bridgehead atoms. The van der Waals surface area contributed by atoms with Crippen LogP contribution < -0.4 is 10.2 Å². The summed E-state index contributed by atoms with van der Waals surface area (Å²) < 4.78 is 27.4. The van der Waals surface area contributed by atoms with Gasteiger partial charge in [0.15, 0.2) is 0 Å². The van der Waals surface area contributed by atoms with Gasteiger partial charge in [-0.15, -0.1) is 0 Å². The smallest absolute Gasteiger partial charge is 0.243 e. The Morgan fingerprint density at radius 1 is 1.18 bits per heavy atom. The molecule has 1 aromatic carbocycles. The second-order valence-corrected chi connectivity index (χ2v) is 9.37. The summed E-state index contributed by atoms with van der Waals surface area (Å²) in [4.78, 5) is 15.3. The largest absolute Gasteiger partial charge is 0.370 e. The van der Waals surface area contributed by atoms with E-state index in [1.54, 1.807) is 12.1 Å². The highest BCUT2D eigenvalue weighted by molar-refractivity contribution is 7.89. The van der Waals surface area contributed by atoms with E-state index in [9.17, 15) is 13.2 Å². The number of carbonyl (C=O) groups excluding carboxylic acids is 1. The summed E-state index contributed by atoms with van der Waals surface area (Å²) in [5.74, 6) is -0.0818. The average molecular weight is 406 g/mol. The molecule has 28 heavy (non-hydrogen) atoms. The van der Waals surface area contributed by atoms with Crippen molar-refractivity contribution in [1.82, 2.24) is 4.31 Å². The molecule has 7 heteroatoms. The summed E-state index contributed by atoms with van der Waals surface area (Å²) in [6.45, 7) is 6.36. The van der Waals surface area contributed by atoms with Crippen LogP contribution in [0, 0.1) is 5.92 Å². The van der Waals surface area contributed by atoms with Crippen LogP contribution in [0.4, 0.5) is 11.4 Å². The fourth-order valence-corrected chi connectivity index (χ4v) is 5.47. The molecule has 1 aliphatic heterocycles. The Labute approximate surface area is 168 Å². The molecular weight excluding hydrogens is 374 g/mol. The Morgan fingerprint density at radius 2 is 1.89 bits per heavy atom. The van der Waals surface area contributed by atoms with Gasteiger partial charge in [0.1, 0.15) is 0 Å². The quantitative estimate of drug-likeness (QED) is 0.704. The fraction of sp³-hybridized carbons (Fsp3) is 0.571. The van der Waals surface area contributed by atoms with Crippen molar-refractivity contribution in [1.29, 1.82) is 0 Å². The van der Waals surface area contributed by atoms with Gasteiger partial charge in [-0.25, -0.2) is 8.42 Å². The maximum atomic E-state index is 13.0. The van der Waals surface area contributed by atoms with E-state index in [4.69, 9.17) is 0 Å². The fourth-order valence-electron chi connectivity index (χ4n) is 3.99. The summed E-state index contributed by atoms with van der Waals surface area (Å²) in [7, 11) is -3.57. The molecule has 1 amide bonds. The molecule has 0 spiro atoms. The molecule has 1 aromatic rings. The van der Waals surface area contributed by atoms with Gasteiger partial charge in [0, 0.05) is 32.1 Å². The Balaban J connectivity index is 1.94. The lowest BCUT2D eigenvalue weighted by molar-refractivity contribution is -0.120. The second-order valence-electron chi connectivity index (χ2n) is 7.43. The molecule has 3 rings (SSSR count). The number of rotatable bonds is 7. The minimum absolute atomic E-state index is 0.0258. The van der Waals surface area contributed by atoms with Crippen LogP contribution in [-0.4, -0.2) is 44.8 Å². The molecule has 6 nitrogen and oxygen atoms in total. The first-order valence-corrected chi connectivity index (χ1v) is 11.8. The zero-order valence-corrected chi connectivity index (χ0v) is 17.7. The van der Waals surface area contributed by atoms with Crippen molar-refractivity contribution >= 4 is 27.3 Å². The normalized spacial score (nSPS) is 20.0. The van der Waals surface area contributed by atoms with Crippen molar-refractivity contribution in [3.63, 3.8) is 0 Å². The molecular formula is C21H31N3O3S. The van der Waals surface area contributed by atoms with Gasteiger partial charge in [0.25, 0.3) is 0 Å². The topological polar surface area (TPSA) is 69.7 Å². The molecule has 0 aromatic heterocycles. The van der Waals surface area contributed by atoms with Crippen LogP contribution in [-0.2, 0) is 14.8 Å². The number of carbonyl (C=O) groups is 1. The maximum absolute atomic E-state index is 13.0. The number of amides is 1. The van der Waals surface area contributed by atoms with Crippen LogP contribution in [0.3, 0.4) is 0 Å². The van der Waals surface area contributed by atoms with Crippen molar-refractivity contribution in [2.24, 2.45) is 5.92 Å². The first kappa shape index (κ1) is 20.9. The predicted molar refractivity (Wildman–Crippen MR) is 113 cm³/mol. The molecule has 1 fully saturated rings. The minimum atomic E-state index is -3.57.